The molecule has 3 aromatic rings. The van der Waals surface area contributed by atoms with Crippen LogP contribution in [0.2, 0.25) is 5.02 Å². The van der Waals surface area contributed by atoms with Crippen LogP contribution >= 0.6 is 11.6 Å². The second-order valence-electron chi connectivity index (χ2n) is 10.8. The number of hydrogen-bond acceptors (Lipinski definition) is 4. The van der Waals surface area contributed by atoms with Crippen LogP contribution in [0.25, 0.3) is 6.08 Å². The molecule has 0 aliphatic carbocycles. The molecule has 0 aromatic heterocycles. The Kier molecular flexibility index (Phi) is 6.43. The summed E-state index contributed by atoms with van der Waals surface area (Å²) in [4.78, 5) is 44.2. The number of nitrogens with one attached hydrogen (secondary N) is 1. The highest BCUT2D eigenvalue weighted by atomic mass is 35.5. The molecule has 0 radical (unpaired) electrons. The van der Waals surface area contributed by atoms with Gasteiger partial charge in [-0.1, -0.05) is 86.0 Å². The van der Waals surface area contributed by atoms with E-state index in [1.54, 1.807) is 6.07 Å². The third-order valence-electron chi connectivity index (χ3n) is 8.60. The molecule has 198 valence electrons. The molecule has 1 N–H and O–H groups in total. The molecule has 6 rings (SSSR count). The lowest BCUT2D eigenvalue weighted by molar-refractivity contribution is -0.122. The Balaban J connectivity index is 1.52. The first kappa shape index (κ1) is 25.6. The first-order valence-corrected chi connectivity index (χ1v) is 14.1. The van der Waals surface area contributed by atoms with Gasteiger partial charge in [0.25, 0.3) is 0 Å². The largest absolute Gasteiger partial charge is 0.352 e. The summed E-state index contributed by atoms with van der Waals surface area (Å²) in [6.45, 7) is 3.70. The van der Waals surface area contributed by atoms with E-state index in [4.69, 9.17) is 11.6 Å². The molecule has 6 heteroatoms. The van der Waals surface area contributed by atoms with Gasteiger partial charge in [0.1, 0.15) is 5.41 Å². The highest BCUT2D eigenvalue weighted by Crippen LogP contribution is 2.57. The Morgan fingerprint density at radius 3 is 2.54 bits per heavy atom. The molecule has 3 heterocycles. The van der Waals surface area contributed by atoms with E-state index in [1.165, 1.54) is 12.5 Å². The number of amides is 1. The van der Waals surface area contributed by atoms with Crippen LogP contribution in [-0.2, 0) is 21.4 Å². The number of unbranched alkanes of at least 4 members (excludes halogenated alkanes) is 2. The van der Waals surface area contributed by atoms with E-state index in [2.05, 4.69) is 12.2 Å². The Labute approximate surface area is 233 Å². The van der Waals surface area contributed by atoms with E-state index in [0.29, 0.717) is 16.3 Å². The number of Topliss-reactive ketones (excluding diaryl/α,β-unsaturated/α-hetero) is 2. The number of carbonyl (C=O) groups excluding carboxylic acids is 3. The minimum atomic E-state index is -1.27. The van der Waals surface area contributed by atoms with Crippen molar-refractivity contribution in [2.45, 2.75) is 57.0 Å². The van der Waals surface area contributed by atoms with Gasteiger partial charge in [-0.3, -0.25) is 14.4 Å². The first-order chi connectivity index (χ1) is 18.9. The van der Waals surface area contributed by atoms with Gasteiger partial charge in [-0.25, -0.2) is 0 Å². The summed E-state index contributed by atoms with van der Waals surface area (Å²) < 4.78 is 0. The van der Waals surface area contributed by atoms with Crippen molar-refractivity contribution in [1.82, 2.24) is 0 Å². The summed E-state index contributed by atoms with van der Waals surface area (Å²) in [7, 11) is 0. The molecular formula is C33H31ClN2O3. The third-order valence-corrected chi connectivity index (χ3v) is 8.84. The maximum atomic E-state index is 14.6. The van der Waals surface area contributed by atoms with Crippen LogP contribution < -0.4 is 10.2 Å². The molecule has 3 aromatic carbocycles. The molecule has 5 nitrogen and oxygen atoms in total. The lowest BCUT2D eigenvalue weighted by Gasteiger charge is -2.37. The predicted molar refractivity (Wildman–Crippen MR) is 155 cm³/mol. The predicted octanol–water partition coefficient (Wildman–Crippen LogP) is 6.63. The van der Waals surface area contributed by atoms with Gasteiger partial charge in [0.2, 0.25) is 5.91 Å². The van der Waals surface area contributed by atoms with Gasteiger partial charge >= 0.3 is 0 Å². The van der Waals surface area contributed by atoms with Crippen LogP contribution in [0.15, 0.2) is 72.8 Å². The molecule has 0 unspecified atom stereocenters. The number of aryl methyl sites for hydroxylation is 1. The maximum absolute atomic E-state index is 14.6. The Hall–Kier alpha value is -3.70. The average Bonchev–Trinajstić information content (AvgIpc) is 3.41. The van der Waals surface area contributed by atoms with Crippen molar-refractivity contribution in [2.24, 2.45) is 5.92 Å². The van der Waals surface area contributed by atoms with Crippen LogP contribution in [0.1, 0.15) is 60.2 Å². The van der Waals surface area contributed by atoms with Crippen LogP contribution in [0.5, 0.6) is 0 Å². The van der Waals surface area contributed by atoms with E-state index in [9.17, 15) is 14.4 Å². The van der Waals surface area contributed by atoms with Crippen LogP contribution in [-0.4, -0.2) is 29.6 Å². The van der Waals surface area contributed by atoms with Crippen molar-refractivity contribution in [1.29, 1.82) is 0 Å². The van der Waals surface area contributed by atoms with Crippen molar-refractivity contribution in [2.75, 3.05) is 10.2 Å². The van der Waals surface area contributed by atoms with Gasteiger partial charge in [0.05, 0.1) is 18.0 Å². The summed E-state index contributed by atoms with van der Waals surface area (Å²) in [5, 5.41) is 3.63. The highest BCUT2D eigenvalue weighted by Gasteiger charge is 2.69. The van der Waals surface area contributed by atoms with Gasteiger partial charge in [0.15, 0.2) is 11.6 Å². The van der Waals surface area contributed by atoms with Crippen LogP contribution in [0.3, 0.4) is 0 Å². The minimum Gasteiger partial charge on any atom is -0.352 e. The summed E-state index contributed by atoms with van der Waals surface area (Å²) in [6.07, 6.45) is 8.29. The molecule has 3 aliphatic rings. The number of para-hydroxylation sites is 1. The molecule has 4 atom stereocenters. The number of halogens is 1. The zero-order valence-corrected chi connectivity index (χ0v) is 22.9. The number of hydrogen-bond donors (Lipinski definition) is 1. The van der Waals surface area contributed by atoms with E-state index in [1.807, 2.05) is 77.7 Å². The van der Waals surface area contributed by atoms with Crippen molar-refractivity contribution in [3.63, 3.8) is 0 Å². The fraction of sp³-hybridized carbons (Fsp3) is 0.303. The van der Waals surface area contributed by atoms with E-state index in [-0.39, 0.29) is 17.5 Å². The fourth-order valence-corrected chi connectivity index (χ4v) is 7.08. The quantitative estimate of drug-likeness (QED) is 0.271. The summed E-state index contributed by atoms with van der Waals surface area (Å²) in [6, 6.07) is 19.4. The molecule has 0 bridgehead atoms. The van der Waals surface area contributed by atoms with Crippen molar-refractivity contribution >= 4 is 46.5 Å². The average molecular weight is 539 g/mol. The van der Waals surface area contributed by atoms with Crippen LogP contribution in [0, 0.1) is 5.92 Å². The fourth-order valence-electron chi connectivity index (χ4n) is 6.90. The Morgan fingerprint density at radius 1 is 1.03 bits per heavy atom. The first-order valence-electron chi connectivity index (χ1n) is 13.7. The molecule has 1 fully saturated rings. The zero-order chi connectivity index (χ0) is 27.3. The lowest BCUT2D eigenvalue weighted by Crippen LogP contribution is -2.51. The highest BCUT2D eigenvalue weighted by molar-refractivity contribution is 6.31. The molecule has 1 spiro atoms. The monoisotopic (exact) mass is 538 g/mol. The molecule has 39 heavy (non-hydrogen) atoms. The molecule has 3 aliphatic heterocycles. The van der Waals surface area contributed by atoms with Gasteiger partial charge in [-0.15, -0.1) is 0 Å². The topological polar surface area (TPSA) is 66.5 Å². The molecular weight excluding hydrogens is 508 g/mol. The second-order valence-corrected chi connectivity index (χ2v) is 11.3. The molecule has 1 amide bonds. The number of fused-ring (bicyclic) bond motifs is 6. The summed E-state index contributed by atoms with van der Waals surface area (Å²) >= 11 is 6.30. The number of nitrogens with zero attached hydrogens (tertiary/aromatic N) is 1. The number of rotatable bonds is 7. The molecule has 0 saturated carbocycles. The number of ketones is 2. The zero-order valence-electron chi connectivity index (χ0n) is 22.1. The minimum absolute atomic E-state index is 0.153. The normalized spacial score (nSPS) is 24.3. The second kappa shape index (κ2) is 9.80. The number of carbonyl (C=O) groups is 3. The Morgan fingerprint density at radius 2 is 1.79 bits per heavy atom. The SMILES string of the molecule is CCCCCc1ccc(C(=O)[C@@H]2[C@@H](C(C)=O)N3c4ccc(Cl)cc4C=C[C@@H]3[C@@]23C(=O)Nc2ccccc23)cc1. The third kappa shape index (κ3) is 3.86. The number of anilines is 2. The van der Waals surface area contributed by atoms with E-state index < -0.39 is 23.4 Å². The van der Waals surface area contributed by atoms with Crippen molar-refractivity contribution in [3.05, 3.63) is 100 Å². The van der Waals surface area contributed by atoms with Gasteiger partial charge < -0.3 is 10.2 Å². The van der Waals surface area contributed by atoms with Crippen molar-refractivity contribution in [3.8, 4) is 0 Å². The summed E-state index contributed by atoms with van der Waals surface area (Å²) in [5.74, 6) is -1.51. The van der Waals surface area contributed by atoms with Gasteiger partial charge in [-0.05, 0) is 60.7 Å². The van der Waals surface area contributed by atoms with Crippen LogP contribution in [0.4, 0.5) is 11.4 Å². The standard InChI is InChI=1S/C33H31ClN2O3/c1-3-4-5-8-21-11-13-22(14-12-21)31(38)29-30(20(2)37)36-27-17-16-24(34)19-23(27)15-18-28(36)33(29)25-9-6-7-10-26(25)35-32(33)39/h6-7,9-19,28-30H,3-5,8H2,1-2H3,(H,35,39)/t28-,29+,30-,33-/m1/s1. The van der Waals surface area contributed by atoms with E-state index >= 15 is 0 Å². The Bertz CT molecular complexity index is 1510. The summed E-state index contributed by atoms with van der Waals surface area (Å²) in [5.41, 5.74) is 3.53. The lowest BCUT2D eigenvalue weighted by atomic mass is 9.64. The van der Waals surface area contributed by atoms with Gasteiger partial charge in [-0.2, -0.15) is 0 Å². The molecule has 1 saturated heterocycles. The van der Waals surface area contributed by atoms with E-state index in [0.717, 1.165) is 42.5 Å². The number of benzene rings is 3. The maximum Gasteiger partial charge on any atom is 0.238 e. The van der Waals surface area contributed by atoms with Crippen molar-refractivity contribution < 1.29 is 14.4 Å². The smallest absolute Gasteiger partial charge is 0.238 e. The van der Waals surface area contributed by atoms with Gasteiger partial charge in [0, 0.05) is 22.0 Å².